The molecule has 6 heteroatoms. The number of methoxy groups -OCH3 is 1. The van der Waals surface area contributed by atoms with Gasteiger partial charge in [-0.25, -0.2) is 4.39 Å². The Bertz CT molecular complexity index is 451. The van der Waals surface area contributed by atoms with Crippen molar-refractivity contribution in [3.63, 3.8) is 0 Å². The smallest absolute Gasteiger partial charge is 0.188 e. The lowest BCUT2D eigenvalue weighted by Crippen LogP contribution is -2.43. The molecule has 0 atom stereocenters. The molecule has 0 bridgehead atoms. The van der Waals surface area contributed by atoms with Crippen molar-refractivity contribution in [3.05, 3.63) is 23.5 Å². The van der Waals surface area contributed by atoms with Gasteiger partial charge in [0.2, 0.25) is 0 Å². The Labute approximate surface area is 125 Å². The van der Waals surface area contributed by atoms with E-state index in [0.717, 1.165) is 26.2 Å². The van der Waals surface area contributed by atoms with Crippen molar-refractivity contribution >= 4 is 0 Å². The minimum atomic E-state index is -0.364. The van der Waals surface area contributed by atoms with Crippen molar-refractivity contribution in [1.29, 1.82) is 0 Å². The van der Waals surface area contributed by atoms with Crippen LogP contribution in [0, 0.1) is 5.82 Å². The number of rotatable bonds is 7. The van der Waals surface area contributed by atoms with Gasteiger partial charge in [-0.1, -0.05) is 0 Å². The summed E-state index contributed by atoms with van der Waals surface area (Å²) in [6.45, 7) is 6.58. The second-order valence-electron chi connectivity index (χ2n) is 4.86. The van der Waals surface area contributed by atoms with Gasteiger partial charge in [-0.2, -0.15) is 0 Å². The van der Waals surface area contributed by atoms with E-state index < -0.39 is 0 Å². The van der Waals surface area contributed by atoms with E-state index in [1.165, 1.54) is 7.11 Å². The van der Waals surface area contributed by atoms with Crippen LogP contribution in [0.5, 0.6) is 11.5 Å². The molecule has 0 saturated carbocycles. The fourth-order valence-electron chi connectivity index (χ4n) is 2.35. The third-order valence-corrected chi connectivity index (χ3v) is 3.39. The predicted octanol–water partition coefficient (Wildman–Crippen LogP) is 1.61. The zero-order chi connectivity index (χ0) is 15.1. The molecule has 0 amide bonds. The molecule has 2 rings (SSSR count). The maximum absolute atomic E-state index is 14.6. The van der Waals surface area contributed by atoms with Crippen LogP contribution in [0.4, 0.5) is 4.39 Å². The van der Waals surface area contributed by atoms with Crippen molar-refractivity contribution in [2.24, 2.45) is 0 Å². The number of hydrogen-bond donors (Lipinski definition) is 1. The fourth-order valence-corrected chi connectivity index (χ4v) is 2.35. The van der Waals surface area contributed by atoms with Crippen LogP contribution in [0.15, 0.2) is 12.1 Å². The Kier molecular flexibility index (Phi) is 6.22. The number of benzene rings is 1. The van der Waals surface area contributed by atoms with Crippen LogP contribution >= 0.6 is 0 Å². The highest BCUT2D eigenvalue weighted by Crippen LogP contribution is 2.30. The Hall–Kier alpha value is -1.37. The minimum Gasteiger partial charge on any atom is -0.493 e. The molecule has 0 radical (unpaired) electrons. The van der Waals surface area contributed by atoms with Crippen LogP contribution in [0.3, 0.4) is 0 Å². The summed E-state index contributed by atoms with van der Waals surface area (Å²) in [7, 11) is 1.51. The summed E-state index contributed by atoms with van der Waals surface area (Å²) in [6.07, 6.45) is 0. The van der Waals surface area contributed by atoms with E-state index in [2.05, 4.69) is 10.2 Å². The van der Waals surface area contributed by atoms with Crippen molar-refractivity contribution in [1.82, 2.24) is 10.2 Å². The molecule has 21 heavy (non-hydrogen) atoms. The largest absolute Gasteiger partial charge is 0.493 e. The zero-order valence-corrected chi connectivity index (χ0v) is 12.7. The van der Waals surface area contributed by atoms with Gasteiger partial charge < -0.3 is 19.5 Å². The molecule has 1 aromatic rings. The Morgan fingerprint density at radius 2 is 1.90 bits per heavy atom. The molecule has 0 spiro atoms. The first-order valence-corrected chi connectivity index (χ1v) is 7.25. The average molecular weight is 298 g/mol. The molecule has 1 saturated heterocycles. The van der Waals surface area contributed by atoms with Gasteiger partial charge in [-0.05, 0) is 19.1 Å². The normalized spacial score (nSPS) is 16.0. The SMILES string of the molecule is CCOc1ccc(OCOC)c(F)c1CN1CCNCC1. The first kappa shape index (κ1) is 16.0. The molecule has 1 aromatic carbocycles. The average Bonchev–Trinajstić information content (AvgIpc) is 2.51. The molecule has 5 nitrogen and oxygen atoms in total. The van der Waals surface area contributed by atoms with E-state index in [4.69, 9.17) is 14.2 Å². The lowest BCUT2D eigenvalue weighted by atomic mass is 10.1. The highest BCUT2D eigenvalue weighted by atomic mass is 19.1. The second-order valence-corrected chi connectivity index (χ2v) is 4.86. The molecular formula is C15H23FN2O3. The molecule has 0 aromatic heterocycles. The number of nitrogens with one attached hydrogen (secondary N) is 1. The summed E-state index contributed by atoms with van der Waals surface area (Å²) in [6, 6.07) is 3.34. The number of hydrogen-bond acceptors (Lipinski definition) is 5. The molecule has 118 valence electrons. The molecule has 1 aliphatic rings. The Morgan fingerprint density at radius 1 is 1.19 bits per heavy atom. The maximum Gasteiger partial charge on any atom is 0.188 e. The molecular weight excluding hydrogens is 275 g/mol. The second kappa shape index (κ2) is 8.17. The molecule has 1 N–H and O–H groups in total. The summed E-state index contributed by atoms with van der Waals surface area (Å²) in [5, 5.41) is 3.29. The van der Waals surface area contributed by atoms with Crippen LogP contribution in [0.2, 0.25) is 0 Å². The number of halogens is 1. The van der Waals surface area contributed by atoms with Crippen molar-refractivity contribution < 1.29 is 18.6 Å². The highest BCUT2D eigenvalue weighted by Gasteiger charge is 2.19. The van der Waals surface area contributed by atoms with Crippen LogP contribution in [-0.4, -0.2) is 51.6 Å². The topological polar surface area (TPSA) is 43.0 Å². The highest BCUT2D eigenvalue weighted by molar-refractivity contribution is 5.42. The molecule has 0 aliphatic carbocycles. The van der Waals surface area contributed by atoms with Crippen LogP contribution < -0.4 is 14.8 Å². The summed E-state index contributed by atoms with van der Waals surface area (Å²) in [5.41, 5.74) is 0.548. The zero-order valence-electron chi connectivity index (χ0n) is 12.7. The lowest BCUT2D eigenvalue weighted by Gasteiger charge is -2.28. The van der Waals surface area contributed by atoms with Gasteiger partial charge in [-0.15, -0.1) is 0 Å². The third-order valence-electron chi connectivity index (χ3n) is 3.39. The molecule has 1 heterocycles. The Morgan fingerprint density at radius 3 is 2.57 bits per heavy atom. The summed E-state index contributed by atoms with van der Waals surface area (Å²) in [4.78, 5) is 2.21. The van der Waals surface area contributed by atoms with Gasteiger partial charge in [0.25, 0.3) is 0 Å². The summed E-state index contributed by atoms with van der Waals surface area (Å²) < 4.78 is 30.3. The van der Waals surface area contributed by atoms with Gasteiger partial charge in [0.05, 0.1) is 6.61 Å². The predicted molar refractivity (Wildman–Crippen MR) is 78.2 cm³/mol. The quantitative estimate of drug-likeness (QED) is 0.775. The third kappa shape index (κ3) is 4.30. The van der Waals surface area contributed by atoms with Crippen LogP contribution in [-0.2, 0) is 11.3 Å². The summed E-state index contributed by atoms with van der Waals surface area (Å²) >= 11 is 0. The molecule has 0 unspecified atom stereocenters. The lowest BCUT2D eigenvalue weighted by molar-refractivity contribution is 0.0479. The maximum atomic E-state index is 14.6. The number of piperazine rings is 1. The van der Waals surface area contributed by atoms with Gasteiger partial charge in [0, 0.05) is 45.4 Å². The standard InChI is InChI=1S/C15H23FN2O3/c1-3-20-13-4-5-14(21-11-19-2)15(16)12(13)10-18-8-6-17-7-9-18/h4-5,17H,3,6-11H2,1-2H3. The van der Waals surface area contributed by atoms with Crippen LogP contribution in [0.1, 0.15) is 12.5 Å². The first-order valence-electron chi connectivity index (χ1n) is 7.25. The number of nitrogens with zero attached hydrogens (tertiary/aromatic N) is 1. The molecule has 1 aliphatic heterocycles. The van der Waals surface area contributed by atoms with E-state index in [1.54, 1.807) is 12.1 Å². The van der Waals surface area contributed by atoms with Crippen molar-refractivity contribution in [3.8, 4) is 11.5 Å². The van der Waals surface area contributed by atoms with Crippen molar-refractivity contribution in [2.75, 3.05) is 46.7 Å². The fraction of sp³-hybridized carbons (Fsp3) is 0.600. The minimum absolute atomic E-state index is 0.0258. The number of ether oxygens (including phenoxy) is 3. The van der Waals surface area contributed by atoms with Crippen LogP contribution in [0.25, 0.3) is 0 Å². The van der Waals surface area contributed by atoms with E-state index in [1.807, 2.05) is 6.92 Å². The first-order chi connectivity index (χ1) is 10.3. The molecule has 1 fully saturated rings. The van der Waals surface area contributed by atoms with E-state index in [0.29, 0.717) is 24.5 Å². The van der Waals surface area contributed by atoms with Gasteiger partial charge in [-0.3, -0.25) is 4.90 Å². The van der Waals surface area contributed by atoms with E-state index in [9.17, 15) is 4.39 Å². The Balaban J connectivity index is 2.20. The van der Waals surface area contributed by atoms with Gasteiger partial charge in [0.1, 0.15) is 5.75 Å². The van der Waals surface area contributed by atoms with Gasteiger partial charge >= 0.3 is 0 Å². The van der Waals surface area contributed by atoms with E-state index in [-0.39, 0.29) is 18.4 Å². The van der Waals surface area contributed by atoms with Crippen molar-refractivity contribution in [2.45, 2.75) is 13.5 Å². The van der Waals surface area contributed by atoms with E-state index >= 15 is 0 Å². The monoisotopic (exact) mass is 298 g/mol. The summed E-state index contributed by atoms with van der Waals surface area (Å²) in [5.74, 6) is 0.417. The van der Waals surface area contributed by atoms with Gasteiger partial charge in [0.15, 0.2) is 18.4 Å².